The molecule has 0 radical (unpaired) electrons. The highest BCUT2D eigenvalue weighted by Crippen LogP contribution is 2.29. The third-order valence-corrected chi connectivity index (χ3v) is 4.60. The first-order valence-electron chi connectivity index (χ1n) is 9.59. The topological polar surface area (TPSA) is 94.2 Å². The minimum absolute atomic E-state index is 0. The zero-order valence-corrected chi connectivity index (χ0v) is 17.5. The molecule has 0 saturated carbocycles. The van der Waals surface area contributed by atoms with Gasteiger partial charge in [-0.1, -0.05) is 12.1 Å². The number of amides is 1. The number of para-hydroxylation sites is 2. The second kappa shape index (κ2) is 10.6. The normalized spacial score (nSPS) is 13.4. The molecule has 4 N–H and O–H groups in total. The van der Waals surface area contributed by atoms with Crippen molar-refractivity contribution in [3.05, 3.63) is 36.4 Å². The SMILES string of the molecule is CCOC(=O)Nc1ccc(N2CCN(c3ccccc3OCC)CC2)[nH+]c1N.[Cl-]. The van der Waals surface area contributed by atoms with Crippen LogP contribution >= 0.6 is 0 Å². The second-order valence-corrected chi connectivity index (χ2v) is 6.39. The zero-order valence-electron chi connectivity index (χ0n) is 16.8. The molecule has 29 heavy (non-hydrogen) atoms. The average Bonchev–Trinajstić information content (AvgIpc) is 2.71. The van der Waals surface area contributed by atoms with E-state index >= 15 is 0 Å². The predicted octanol–water partition coefficient (Wildman–Crippen LogP) is -0.619. The number of nitrogens with zero attached hydrogens (tertiary/aromatic N) is 2. The van der Waals surface area contributed by atoms with E-state index in [9.17, 15) is 4.79 Å². The Bertz CT molecular complexity index is 812. The molecule has 1 amide bonds. The van der Waals surface area contributed by atoms with Gasteiger partial charge in [0.1, 0.15) is 11.4 Å². The molecule has 0 spiro atoms. The summed E-state index contributed by atoms with van der Waals surface area (Å²) >= 11 is 0. The number of hydrogen-bond acceptors (Lipinski definition) is 6. The Morgan fingerprint density at radius 1 is 1.07 bits per heavy atom. The first-order chi connectivity index (χ1) is 13.6. The molecule has 9 heteroatoms. The van der Waals surface area contributed by atoms with Crippen LogP contribution in [0.1, 0.15) is 13.8 Å². The number of nitrogen functional groups attached to an aromatic ring is 1. The molecule has 8 nitrogen and oxygen atoms in total. The van der Waals surface area contributed by atoms with Crippen LogP contribution in [0.4, 0.5) is 27.8 Å². The molecule has 1 fully saturated rings. The molecule has 1 aromatic heterocycles. The Morgan fingerprint density at radius 3 is 2.41 bits per heavy atom. The van der Waals surface area contributed by atoms with Crippen LogP contribution < -0.4 is 43.0 Å². The number of aromatic nitrogens is 1. The highest BCUT2D eigenvalue weighted by Gasteiger charge is 2.24. The van der Waals surface area contributed by atoms with E-state index < -0.39 is 6.09 Å². The largest absolute Gasteiger partial charge is 1.00 e. The summed E-state index contributed by atoms with van der Waals surface area (Å²) in [5, 5.41) is 2.63. The van der Waals surface area contributed by atoms with Gasteiger partial charge in [-0.2, -0.15) is 0 Å². The lowest BCUT2D eigenvalue weighted by Gasteiger charge is -2.34. The first kappa shape index (κ1) is 22.4. The van der Waals surface area contributed by atoms with E-state index in [2.05, 4.69) is 26.2 Å². The predicted molar refractivity (Wildman–Crippen MR) is 110 cm³/mol. The van der Waals surface area contributed by atoms with Crippen LogP contribution in [0.15, 0.2) is 36.4 Å². The number of halogens is 1. The minimum Gasteiger partial charge on any atom is -1.00 e. The minimum atomic E-state index is -0.517. The molecule has 2 aromatic rings. The molecular weight excluding hydrogens is 394 g/mol. The Labute approximate surface area is 177 Å². The molecule has 158 valence electrons. The number of ether oxygens (including phenoxy) is 2. The molecule has 2 heterocycles. The molecule has 0 unspecified atom stereocenters. The summed E-state index contributed by atoms with van der Waals surface area (Å²) in [6.45, 7) is 8.16. The van der Waals surface area contributed by atoms with Gasteiger partial charge in [-0.15, -0.1) is 0 Å². The number of nitrogens with one attached hydrogen (secondary N) is 2. The lowest BCUT2D eigenvalue weighted by Crippen LogP contribution is -3.00. The van der Waals surface area contributed by atoms with Crippen LogP contribution in [0.5, 0.6) is 5.75 Å². The van der Waals surface area contributed by atoms with E-state index in [4.69, 9.17) is 15.2 Å². The zero-order chi connectivity index (χ0) is 19.9. The summed E-state index contributed by atoms with van der Waals surface area (Å²) in [4.78, 5) is 19.3. The Morgan fingerprint density at radius 2 is 1.76 bits per heavy atom. The van der Waals surface area contributed by atoms with Crippen LogP contribution in [0.3, 0.4) is 0 Å². The van der Waals surface area contributed by atoms with Crippen molar-refractivity contribution in [1.82, 2.24) is 0 Å². The first-order valence-corrected chi connectivity index (χ1v) is 9.59. The Balaban J connectivity index is 0.00000300. The number of carbonyl (C=O) groups is 1. The number of hydrogen-bond donors (Lipinski definition) is 2. The molecule has 1 aliphatic rings. The third-order valence-electron chi connectivity index (χ3n) is 4.60. The van der Waals surface area contributed by atoms with E-state index in [1.54, 1.807) is 13.0 Å². The van der Waals surface area contributed by atoms with Gasteiger partial charge in [0.15, 0.2) is 0 Å². The van der Waals surface area contributed by atoms with Gasteiger partial charge < -0.3 is 32.5 Å². The summed E-state index contributed by atoms with van der Waals surface area (Å²) in [5.74, 6) is 2.24. The molecule has 0 aliphatic carbocycles. The lowest BCUT2D eigenvalue weighted by molar-refractivity contribution is -0.345. The maximum absolute atomic E-state index is 11.6. The van der Waals surface area contributed by atoms with Crippen molar-refractivity contribution in [3.8, 4) is 5.75 Å². The van der Waals surface area contributed by atoms with E-state index in [1.165, 1.54) is 0 Å². The van der Waals surface area contributed by atoms with Gasteiger partial charge in [0.2, 0.25) is 11.6 Å². The van der Waals surface area contributed by atoms with Gasteiger partial charge >= 0.3 is 6.09 Å². The van der Waals surface area contributed by atoms with Crippen LogP contribution in [0, 0.1) is 0 Å². The second-order valence-electron chi connectivity index (χ2n) is 6.39. The fourth-order valence-electron chi connectivity index (χ4n) is 3.25. The third kappa shape index (κ3) is 5.57. The summed E-state index contributed by atoms with van der Waals surface area (Å²) in [5.41, 5.74) is 7.70. The number of rotatable bonds is 6. The van der Waals surface area contributed by atoms with Crippen molar-refractivity contribution in [2.24, 2.45) is 0 Å². The molecule has 0 atom stereocenters. The van der Waals surface area contributed by atoms with Gasteiger partial charge in [0, 0.05) is 19.2 Å². The fraction of sp³-hybridized carbons (Fsp3) is 0.400. The van der Waals surface area contributed by atoms with Crippen LogP contribution in [0.2, 0.25) is 0 Å². The number of nitrogens with two attached hydrogens (primary N) is 1. The molecule has 0 bridgehead atoms. The Kier molecular flexibility index (Phi) is 8.21. The van der Waals surface area contributed by atoms with Gasteiger partial charge in [0.25, 0.3) is 0 Å². The number of pyridine rings is 1. The number of H-pyrrole nitrogens is 1. The highest BCUT2D eigenvalue weighted by atomic mass is 35.5. The van der Waals surface area contributed by atoms with E-state index in [0.29, 0.717) is 24.7 Å². The molecule has 1 aliphatic heterocycles. The van der Waals surface area contributed by atoms with Crippen molar-refractivity contribution in [2.45, 2.75) is 13.8 Å². The quantitative estimate of drug-likeness (QED) is 0.645. The summed E-state index contributed by atoms with van der Waals surface area (Å²) in [6.07, 6.45) is -0.517. The lowest BCUT2D eigenvalue weighted by atomic mass is 10.2. The molecule has 3 rings (SSSR count). The molecule has 1 saturated heterocycles. The van der Waals surface area contributed by atoms with Crippen molar-refractivity contribution in [1.29, 1.82) is 0 Å². The summed E-state index contributed by atoms with van der Waals surface area (Å²) in [7, 11) is 0. The standard InChI is InChI=1S/C20H27N5O3.ClH/c1-3-27-17-8-6-5-7-16(17)24-11-13-25(14-12-24)18-10-9-15(19(21)23-18)22-20(26)28-4-2;/h5-10H,3-4,11-14H2,1-2H3,(H2,21,23)(H,22,26);1H. The van der Waals surface area contributed by atoms with Crippen molar-refractivity contribution >= 4 is 29.1 Å². The summed E-state index contributed by atoms with van der Waals surface area (Å²) < 4.78 is 10.6. The fourth-order valence-corrected chi connectivity index (χ4v) is 3.25. The van der Waals surface area contributed by atoms with Crippen molar-refractivity contribution in [3.63, 3.8) is 0 Å². The summed E-state index contributed by atoms with van der Waals surface area (Å²) in [6, 6.07) is 11.8. The van der Waals surface area contributed by atoms with E-state index in [1.807, 2.05) is 31.2 Å². The maximum atomic E-state index is 11.6. The Hall–Kier alpha value is -2.87. The number of benzene rings is 1. The molecular formula is C20H28ClN5O3. The average molecular weight is 422 g/mol. The van der Waals surface area contributed by atoms with E-state index in [0.717, 1.165) is 43.4 Å². The van der Waals surface area contributed by atoms with Crippen molar-refractivity contribution in [2.75, 3.05) is 60.2 Å². The number of piperazine rings is 1. The number of aromatic amines is 1. The smallest absolute Gasteiger partial charge is 0.411 e. The van der Waals surface area contributed by atoms with E-state index in [-0.39, 0.29) is 12.4 Å². The van der Waals surface area contributed by atoms with Crippen LogP contribution in [-0.2, 0) is 4.74 Å². The van der Waals surface area contributed by atoms with Crippen molar-refractivity contribution < 1.29 is 31.7 Å². The van der Waals surface area contributed by atoms with Crippen LogP contribution in [-0.4, -0.2) is 45.5 Å². The maximum Gasteiger partial charge on any atom is 0.411 e. The number of carbonyl (C=O) groups excluding carboxylic acids is 1. The molecule has 1 aromatic carbocycles. The van der Waals surface area contributed by atoms with Gasteiger partial charge in [-0.25, -0.2) is 9.78 Å². The van der Waals surface area contributed by atoms with Gasteiger partial charge in [-0.05, 0) is 32.0 Å². The monoisotopic (exact) mass is 421 g/mol. The van der Waals surface area contributed by atoms with Crippen LogP contribution in [0.25, 0.3) is 0 Å². The highest BCUT2D eigenvalue weighted by molar-refractivity contribution is 5.87. The van der Waals surface area contributed by atoms with Gasteiger partial charge in [0.05, 0.1) is 32.0 Å². The van der Waals surface area contributed by atoms with Gasteiger partial charge in [-0.3, -0.25) is 10.2 Å². The number of anilines is 4.